The minimum Gasteiger partial charge on any atom is -0.383 e. The summed E-state index contributed by atoms with van der Waals surface area (Å²) in [5, 5.41) is 3.48. The summed E-state index contributed by atoms with van der Waals surface area (Å²) < 4.78 is 0. The van der Waals surface area contributed by atoms with Gasteiger partial charge < -0.3 is 16.0 Å². The fourth-order valence-corrected chi connectivity index (χ4v) is 2.53. The minimum absolute atomic E-state index is 0.276. The lowest BCUT2D eigenvalue weighted by atomic mass is 9.75. The molecule has 5 heteroatoms. The van der Waals surface area contributed by atoms with E-state index in [4.69, 9.17) is 5.73 Å². The first kappa shape index (κ1) is 14.1. The first-order valence-corrected chi connectivity index (χ1v) is 7.03. The molecule has 0 spiro atoms. The van der Waals surface area contributed by atoms with Gasteiger partial charge in [0.2, 0.25) is 0 Å². The number of anilines is 2. The number of hydrogen-bond acceptors (Lipinski definition) is 5. The van der Waals surface area contributed by atoms with Crippen LogP contribution in [0.2, 0.25) is 0 Å². The van der Waals surface area contributed by atoms with E-state index in [1.54, 1.807) is 0 Å². The van der Waals surface area contributed by atoms with Crippen LogP contribution < -0.4 is 11.1 Å². The number of likely N-dealkylation sites (N-methyl/N-ethyl adjacent to an activating group) is 1. The summed E-state index contributed by atoms with van der Waals surface area (Å²) in [6, 6.07) is 0. The van der Waals surface area contributed by atoms with Gasteiger partial charge in [-0.2, -0.15) is 0 Å². The number of rotatable bonds is 5. The normalized spacial score (nSPS) is 17.3. The van der Waals surface area contributed by atoms with Gasteiger partial charge in [0.1, 0.15) is 17.5 Å². The van der Waals surface area contributed by atoms with Crippen molar-refractivity contribution in [3.8, 4) is 0 Å². The maximum absolute atomic E-state index is 5.94. The Balaban J connectivity index is 2.13. The van der Waals surface area contributed by atoms with Crippen LogP contribution in [-0.4, -0.2) is 41.0 Å². The van der Waals surface area contributed by atoms with E-state index in [9.17, 15) is 0 Å². The maximum Gasteiger partial charge on any atom is 0.134 e. The van der Waals surface area contributed by atoms with E-state index < -0.39 is 0 Å². The molecule has 5 nitrogen and oxygen atoms in total. The van der Waals surface area contributed by atoms with Gasteiger partial charge in [0.05, 0.1) is 0 Å². The van der Waals surface area contributed by atoms with Gasteiger partial charge in [-0.05, 0) is 40.3 Å². The summed E-state index contributed by atoms with van der Waals surface area (Å²) in [7, 11) is 4.30. The molecule has 0 unspecified atom stereocenters. The van der Waals surface area contributed by atoms with Crippen molar-refractivity contribution in [3.05, 3.63) is 11.4 Å². The van der Waals surface area contributed by atoms with Crippen molar-refractivity contribution in [2.45, 2.75) is 45.1 Å². The van der Waals surface area contributed by atoms with Crippen molar-refractivity contribution in [1.82, 2.24) is 14.9 Å². The molecule has 0 saturated heterocycles. The second kappa shape index (κ2) is 5.33. The van der Waals surface area contributed by atoms with Gasteiger partial charge in [-0.3, -0.25) is 0 Å². The zero-order valence-electron chi connectivity index (χ0n) is 12.5. The summed E-state index contributed by atoms with van der Waals surface area (Å²) in [5.74, 6) is 2.28. The van der Waals surface area contributed by atoms with Gasteiger partial charge in [0, 0.05) is 24.1 Å². The van der Waals surface area contributed by atoms with E-state index in [0.29, 0.717) is 5.82 Å². The highest BCUT2D eigenvalue weighted by molar-refractivity contribution is 5.55. The van der Waals surface area contributed by atoms with Crippen molar-refractivity contribution in [3.63, 3.8) is 0 Å². The Labute approximate surface area is 115 Å². The Bertz CT molecular complexity index is 451. The third kappa shape index (κ3) is 2.66. The van der Waals surface area contributed by atoms with E-state index >= 15 is 0 Å². The number of nitrogen functional groups attached to an aromatic ring is 1. The topological polar surface area (TPSA) is 67.1 Å². The Morgan fingerprint density at radius 3 is 2.47 bits per heavy atom. The lowest BCUT2D eigenvalue weighted by Gasteiger charge is -2.47. The molecule has 106 valence electrons. The number of aryl methyl sites for hydroxylation is 1. The zero-order valence-corrected chi connectivity index (χ0v) is 12.5. The zero-order chi connectivity index (χ0) is 14.0. The first-order chi connectivity index (χ1) is 8.98. The lowest BCUT2D eigenvalue weighted by molar-refractivity contribution is 0.0738. The molecule has 1 aliphatic rings. The van der Waals surface area contributed by atoms with Crippen LogP contribution in [0.3, 0.4) is 0 Å². The number of nitrogens with zero attached hydrogens (tertiary/aromatic N) is 3. The number of aromatic nitrogens is 2. The third-order valence-electron chi connectivity index (χ3n) is 4.36. The van der Waals surface area contributed by atoms with Gasteiger partial charge in [-0.15, -0.1) is 0 Å². The van der Waals surface area contributed by atoms with Gasteiger partial charge in [-0.1, -0.05) is 6.92 Å². The second-order valence-electron chi connectivity index (χ2n) is 5.68. The summed E-state index contributed by atoms with van der Waals surface area (Å²) >= 11 is 0. The van der Waals surface area contributed by atoms with Crippen LogP contribution in [0.4, 0.5) is 11.6 Å². The van der Waals surface area contributed by atoms with Gasteiger partial charge in [-0.25, -0.2) is 9.97 Å². The van der Waals surface area contributed by atoms with Crippen LogP contribution in [-0.2, 0) is 6.42 Å². The molecule has 2 rings (SSSR count). The molecule has 1 aromatic heterocycles. The molecule has 1 saturated carbocycles. The molecular formula is C14H25N5. The second-order valence-corrected chi connectivity index (χ2v) is 5.68. The molecule has 0 amide bonds. The number of nitrogens with one attached hydrogen (secondary N) is 1. The molecule has 0 atom stereocenters. The highest BCUT2D eigenvalue weighted by Gasteiger charge is 2.38. The van der Waals surface area contributed by atoms with Gasteiger partial charge in [0.25, 0.3) is 0 Å². The number of nitrogens with two attached hydrogens (primary N) is 1. The van der Waals surface area contributed by atoms with Crippen LogP contribution in [0.5, 0.6) is 0 Å². The lowest BCUT2D eigenvalue weighted by Crippen LogP contribution is -2.54. The van der Waals surface area contributed by atoms with Crippen LogP contribution in [0.15, 0.2) is 0 Å². The van der Waals surface area contributed by atoms with Gasteiger partial charge in [0.15, 0.2) is 0 Å². The van der Waals surface area contributed by atoms with E-state index in [0.717, 1.165) is 30.2 Å². The Kier molecular flexibility index (Phi) is 3.94. The molecule has 0 radical (unpaired) electrons. The van der Waals surface area contributed by atoms with Crippen molar-refractivity contribution >= 4 is 11.6 Å². The van der Waals surface area contributed by atoms with Crippen molar-refractivity contribution < 1.29 is 0 Å². The highest BCUT2D eigenvalue weighted by atomic mass is 15.2. The molecular weight excluding hydrogens is 238 g/mol. The predicted octanol–water partition coefficient (Wildman–Crippen LogP) is 1.83. The fourth-order valence-electron chi connectivity index (χ4n) is 2.53. The smallest absolute Gasteiger partial charge is 0.134 e. The van der Waals surface area contributed by atoms with Crippen LogP contribution in [0.25, 0.3) is 0 Å². The fraction of sp³-hybridized carbons (Fsp3) is 0.714. The minimum atomic E-state index is 0.276. The third-order valence-corrected chi connectivity index (χ3v) is 4.36. The summed E-state index contributed by atoms with van der Waals surface area (Å²) in [6.07, 6.45) is 4.60. The molecule has 1 aliphatic carbocycles. The SMILES string of the molecule is CCc1nc(N)c(C)c(NCC2(N(C)C)CCC2)n1. The average Bonchev–Trinajstić information content (AvgIpc) is 2.32. The maximum atomic E-state index is 5.94. The monoisotopic (exact) mass is 263 g/mol. The summed E-state index contributed by atoms with van der Waals surface area (Å²) in [4.78, 5) is 11.2. The van der Waals surface area contributed by atoms with Gasteiger partial charge >= 0.3 is 0 Å². The van der Waals surface area contributed by atoms with E-state index in [1.165, 1.54) is 19.3 Å². The van der Waals surface area contributed by atoms with Crippen molar-refractivity contribution in [2.24, 2.45) is 0 Å². The molecule has 0 aliphatic heterocycles. The van der Waals surface area contributed by atoms with E-state index in [-0.39, 0.29) is 5.54 Å². The Morgan fingerprint density at radius 2 is 2.00 bits per heavy atom. The van der Waals surface area contributed by atoms with Crippen LogP contribution in [0.1, 0.15) is 37.6 Å². The summed E-state index contributed by atoms with van der Waals surface area (Å²) in [5.41, 5.74) is 7.17. The van der Waals surface area contributed by atoms with Crippen molar-refractivity contribution in [2.75, 3.05) is 31.7 Å². The molecule has 0 bridgehead atoms. The predicted molar refractivity (Wildman–Crippen MR) is 79.3 cm³/mol. The quantitative estimate of drug-likeness (QED) is 0.848. The molecule has 3 N–H and O–H groups in total. The van der Waals surface area contributed by atoms with Crippen LogP contribution in [0, 0.1) is 6.92 Å². The molecule has 1 fully saturated rings. The molecule has 19 heavy (non-hydrogen) atoms. The largest absolute Gasteiger partial charge is 0.383 e. The standard InChI is InChI=1S/C14H25N5/c1-5-11-17-12(15)10(2)13(18-11)16-9-14(19(3)4)7-6-8-14/h5-9H2,1-4H3,(H3,15,16,17,18). The summed E-state index contributed by atoms with van der Waals surface area (Å²) in [6.45, 7) is 4.93. The van der Waals surface area contributed by atoms with E-state index in [1.807, 2.05) is 13.8 Å². The van der Waals surface area contributed by atoms with E-state index in [2.05, 4.69) is 34.3 Å². The highest BCUT2D eigenvalue weighted by Crippen LogP contribution is 2.36. The molecule has 0 aromatic carbocycles. The average molecular weight is 263 g/mol. The van der Waals surface area contributed by atoms with Crippen LogP contribution >= 0.6 is 0 Å². The number of hydrogen-bond donors (Lipinski definition) is 2. The first-order valence-electron chi connectivity index (χ1n) is 7.03. The molecule has 1 heterocycles. The Hall–Kier alpha value is -1.36. The Morgan fingerprint density at radius 1 is 1.32 bits per heavy atom. The van der Waals surface area contributed by atoms with Crippen molar-refractivity contribution in [1.29, 1.82) is 0 Å². The molecule has 1 aromatic rings.